The number of carbonyl (C=O) groups excluding carboxylic acids is 1. The molecule has 0 saturated carbocycles. The summed E-state index contributed by atoms with van der Waals surface area (Å²) in [7, 11) is 0. The van der Waals surface area contributed by atoms with E-state index in [0.29, 0.717) is 5.17 Å². The van der Waals surface area contributed by atoms with Crippen molar-refractivity contribution in [2.75, 3.05) is 0 Å². The van der Waals surface area contributed by atoms with Crippen LogP contribution in [0.5, 0.6) is 0 Å². The van der Waals surface area contributed by atoms with Gasteiger partial charge in [-0.05, 0) is 39.9 Å². The molecule has 1 aliphatic rings. The first-order valence-corrected chi connectivity index (χ1v) is 4.33. The SMILES string of the molecule is CC(C)N1C(=O)C(C)(C)OC1=S. The summed E-state index contributed by atoms with van der Waals surface area (Å²) >= 11 is 4.93. The fraction of sp³-hybridized carbons (Fsp3) is 0.750. The topological polar surface area (TPSA) is 29.5 Å². The Bertz CT molecular complexity index is 235. The lowest BCUT2D eigenvalue weighted by Crippen LogP contribution is -2.40. The molecule has 68 valence electrons. The van der Waals surface area contributed by atoms with E-state index < -0.39 is 5.60 Å². The van der Waals surface area contributed by atoms with Crippen LogP contribution in [-0.2, 0) is 9.53 Å². The second-order valence-corrected chi connectivity index (χ2v) is 4.00. The number of rotatable bonds is 1. The quantitative estimate of drug-likeness (QED) is 0.580. The molecule has 0 aromatic rings. The minimum absolute atomic E-state index is 0.0532. The van der Waals surface area contributed by atoms with Crippen LogP contribution in [0.2, 0.25) is 0 Å². The monoisotopic (exact) mass is 187 g/mol. The maximum absolute atomic E-state index is 11.6. The van der Waals surface area contributed by atoms with Crippen molar-refractivity contribution in [2.45, 2.75) is 39.3 Å². The first-order valence-electron chi connectivity index (χ1n) is 3.93. The van der Waals surface area contributed by atoms with Gasteiger partial charge in [-0.25, -0.2) is 0 Å². The molecule has 3 nitrogen and oxygen atoms in total. The third kappa shape index (κ3) is 1.31. The highest BCUT2D eigenvalue weighted by Gasteiger charge is 2.45. The summed E-state index contributed by atoms with van der Waals surface area (Å²) < 4.78 is 5.24. The maximum atomic E-state index is 11.6. The van der Waals surface area contributed by atoms with E-state index in [-0.39, 0.29) is 11.9 Å². The highest BCUT2D eigenvalue weighted by Crippen LogP contribution is 2.25. The molecular weight excluding hydrogens is 174 g/mol. The van der Waals surface area contributed by atoms with Gasteiger partial charge in [0, 0.05) is 6.04 Å². The molecule has 0 atom stereocenters. The van der Waals surface area contributed by atoms with Crippen LogP contribution >= 0.6 is 12.2 Å². The largest absolute Gasteiger partial charge is 0.454 e. The van der Waals surface area contributed by atoms with Gasteiger partial charge in [-0.15, -0.1) is 0 Å². The van der Waals surface area contributed by atoms with Crippen LogP contribution < -0.4 is 0 Å². The summed E-state index contributed by atoms with van der Waals surface area (Å²) in [6.45, 7) is 7.28. The summed E-state index contributed by atoms with van der Waals surface area (Å²) in [6.07, 6.45) is 0. The van der Waals surface area contributed by atoms with Gasteiger partial charge in [-0.2, -0.15) is 0 Å². The Balaban J connectivity index is 2.93. The number of nitrogens with zero attached hydrogens (tertiary/aromatic N) is 1. The van der Waals surface area contributed by atoms with Crippen LogP contribution in [0.25, 0.3) is 0 Å². The number of hydrogen-bond donors (Lipinski definition) is 0. The Hall–Kier alpha value is -0.640. The first kappa shape index (κ1) is 9.45. The smallest absolute Gasteiger partial charge is 0.273 e. The summed E-state index contributed by atoms with van der Waals surface area (Å²) in [5, 5.41) is 0.292. The zero-order chi connectivity index (χ0) is 9.52. The Morgan fingerprint density at radius 2 is 2.00 bits per heavy atom. The molecule has 0 aromatic heterocycles. The van der Waals surface area contributed by atoms with E-state index in [9.17, 15) is 4.79 Å². The molecule has 1 amide bonds. The van der Waals surface area contributed by atoms with Crippen molar-refractivity contribution in [3.63, 3.8) is 0 Å². The van der Waals surface area contributed by atoms with Gasteiger partial charge in [0.05, 0.1) is 0 Å². The highest BCUT2D eigenvalue weighted by atomic mass is 32.1. The van der Waals surface area contributed by atoms with Gasteiger partial charge in [-0.3, -0.25) is 9.69 Å². The van der Waals surface area contributed by atoms with Crippen molar-refractivity contribution in [3.8, 4) is 0 Å². The average molecular weight is 187 g/mol. The van der Waals surface area contributed by atoms with Crippen LogP contribution in [0.4, 0.5) is 0 Å². The maximum Gasteiger partial charge on any atom is 0.273 e. The number of ether oxygens (including phenoxy) is 1. The zero-order valence-electron chi connectivity index (χ0n) is 7.75. The van der Waals surface area contributed by atoms with Crippen molar-refractivity contribution in [1.29, 1.82) is 0 Å². The van der Waals surface area contributed by atoms with Gasteiger partial charge in [-0.1, -0.05) is 0 Å². The molecule has 0 aromatic carbocycles. The van der Waals surface area contributed by atoms with E-state index in [4.69, 9.17) is 17.0 Å². The molecule has 12 heavy (non-hydrogen) atoms. The molecule has 0 N–H and O–H groups in total. The Morgan fingerprint density at radius 3 is 2.17 bits per heavy atom. The van der Waals surface area contributed by atoms with Gasteiger partial charge in [0.2, 0.25) is 0 Å². The molecule has 0 aliphatic carbocycles. The normalized spacial score (nSPS) is 21.9. The van der Waals surface area contributed by atoms with Gasteiger partial charge in [0.25, 0.3) is 11.1 Å². The Morgan fingerprint density at radius 1 is 1.50 bits per heavy atom. The molecule has 1 saturated heterocycles. The summed E-state index contributed by atoms with van der Waals surface area (Å²) in [6, 6.07) is 0.0757. The van der Waals surface area contributed by atoms with E-state index in [0.717, 1.165) is 0 Å². The van der Waals surface area contributed by atoms with Crippen molar-refractivity contribution in [1.82, 2.24) is 4.90 Å². The predicted molar refractivity (Wildman–Crippen MR) is 49.7 cm³/mol. The minimum Gasteiger partial charge on any atom is -0.454 e. The number of amides is 1. The van der Waals surface area contributed by atoms with Crippen molar-refractivity contribution < 1.29 is 9.53 Å². The second kappa shape index (κ2) is 2.69. The summed E-state index contributed by atoms with van der Waals surface area (Å²) in [5.41, 5.74) is -0.776. The predicted octanol–water partition coefficient (Wildman–Crippen LogP) is 1.32. The molecule has 1 rings (SSSR count). The molecule has 1 aliphatic heterocycles. The molecular formula is C8H13NO2S. The van der Waals surface area contributed by atoms with E-state index in [1.165, 1.54) is 4.90 Å². The lowest BCUT2D eigenvalue weighted by Gasteiger charge is -2.18. The molecule has 0 spiro atoms. The van der Waals surface area contributed by atoms with Crippen molar-refractivity contribution in [2.24, 2.45) is 0 Å². The molecule has 4 heteroatoms. The van der Waals surface area contributed by atoms with Crippen LogP contribution in [0.15, 0.2) is 0 Å². The van der Waals surface area contributed by atoms with Crippen LogP contribution in [-0.4, -0.2) is 27.6 Å². The van der Waals surface area contributed by atoms with Crippen LogP contribution in [0.3, 0.4) is 0 Å². The molecule has 0 unspecified atom stereocenters. The third-order valence-corrected chi connectivity index (χ3v) is 2.07. The zero-order valence-corrected chi connectivity index (χ0v) is 8.57. The van der Waals surface area contributed by atoms with Crippen molar-refractivity contribution >= 4 is 23.3 Å². The van der Waals surface area contributed by atoms with E-state index in [1.54, 1.807) is 13.8 Å². The minimum atomic E-state index is -0.776. The molecule has 0 radical (unpaired) electrons. The fourth-order valence-corrected chi connectivity index (χ4v) is 1.63. The molecule has 1 heterocycles. The second-order valence-electron chi connectivity index (χ2n) is 3.65. The van der Waals surface area contributed by atoms with E-state index in [1.807, 2.05) is 13.8 Å². The Kier molecular flexibility index (Phi) is 2.12. The average Bonchev–Trinajstić information content (AvgIpc) is 2.02. The molecule has 0 bridgehead atoms. The van der Waals surface area contributed by atoms with Gasteiger partial charge >= 0.3 is 0 Å². The van der Waals surface area contributed by atoms with Crippen LogP contribution in [0.1, 0.15) is 27.7 Å². The number of hydrogen-bond acceptors (Lipinski definition) is 3. The lowest BCUT2D eigenvalue weighted by molar-refractivity contribution is -0.135. The van der Waals surface area contributed by atoms with Crippen LogP contribution in [0, 0.1) is 0 Å². The summed E-state index contributed by atoms with van der Waals surface area (Å²) in [5.74, 6) is -0.0532. The third-order valence-electron chi connectivity index (χ3n) is 1.79. The first-order chi connectivity index (χ1) is 5.36. The van der Waals surface area contributed by atoms with Gasteiger partial charge in [0.15, 0.2) is 5.60 Å². The fourth-order valence-electron chi connectivity index (χ4n) is 1.13. The standard InChI is InChI=1S/C8H13NO2S/c1-5(2)9-6(10)8(3,4)11-7(9)12/h5H,1-4H3. The summed E-state index contributed by atoms with van der Waals surface area (Å²) in [4.78, 5) is 13.1. The highest BCUT2D eigenvalue weighted by molar-refractivity contribution is 7.80. The lowest BCUT2D eigenvalue weighted by atomic mass is 10.1. The van der Waals surface area contributed by atoms with Gasteiger partial charge < -0.3 is 4.74 Å². The van der Waals surface area contributed by atoms with Crippen molar-refractivity contribution in [3.05, 3.63) is 0 Å². The number of carbonyl (C=O) groups is 1. The number of thiocarbonyl (C=S) groups is 1. The van der Waals surface area contributed by atoms with E-state index >= 15 is 0 Å². The van der Waals surface area contributed by atoms with E-state index in [2.05, 4.69) is 0 Å². The van der Waals surface area contributed by atoms with Gasteiger partial charge in [0.1, 0.15) is 0 Å². The Labute approximate surface area is 77.7 Å². The molecule has 1 fully saturated rings.